The van der Waals surface area contributed by atoms with Crippen LogP contribution in [-0.2, 0) is 23.0 Å². The van der Waals surface area contributed by atoms with Gasteiger partial charge in [0.2, 0.25) is 5.88 Å². The van der Waals surface area contributed by atoms with Crippen LogP contribution in [-0.4, -0.2) is 23.7 Å². The summed E-state index contributed by atoms with van der Waals surface area (Å²) in [5.74, 6) is 0.978. The first-order valence-corrected chi connectivity index (χ1v) is 7.74. The molecule has 3 rings (SSSR count). The Morgan fingerprint density at radius 3 is 2.50 bits per heavy atom. The molecule has 0 fully saturated rings. The summed E-state index contributed by atoms with van der Waals surface area (Å²) in [6.07, 6.45) is 0.343. The van der Waals surface area contributed by atoms with E-state index in [9.17, 15) is 4.79 Å². The molecule has 1 unspecified atom stereocenters. The summed E-state index contributed by atoms with van der Waals surface area (Å²) in [7, 11) is 3.28. The Kier molecular flexibility index (Phi) is 4.53. The van der Waals surface area contributed by atoms with Gasteiger partial charge in [0.15, 0.2) is 0 Å². The van der Waals surface area contributed by atoms with Crippen LogP contribution in [0.1, 0.15) is 5.56 Å². The minimum Gasteiger partial charge on any atom is -0.468 e. The fraction of sp³-hybridized carbons (Fsp3) is 0.211. The molecule has 5 heteroatoms. The minimum absolute atomic E-state index is 0.343. The molecule has 1 aromatic heterocycles. The third kappa shape index (κ3) is 2.98. The fourth-order valence-corrected chi connectivity index (χ4v) is 2.83. The average molecular weight is 324 g/mol. The zero-order valence-corrected chi connectivity index (χ0v) is 13.7. The Bertz CT molecular complexity index is 856. The maximum atomic E-state index is 11.7. The first kappa shape index (κ1) is 16.1. The standard InChI is InChI=1S/C19H20N2O3/c1-21-17-11-7-6-10-14(17)15(12-16(20)19(22)23-2)18(21)24-13-8-4-3-5-9-13/h3-11,16H,12,20H2,1-2H3. The van der Waals surface area contributed by atoms with Crippen LogP contribution >= 0.6 is 0 Å². The number of para-hydroxylation sites is 2. The number of carbonyl (C=O) groups excluding carboxylic acids is 1. The lowest BCUT2D eigenvalue weighted by Gasteiger charge is -2.12. The molecule has 0 aliphatic heterocycles. The Labute approximate surface area is 140 Å². The number of aromatic nitrogens is 1. The predicted molar refractivity (Wildman–Crippen MR) is 93.1 cm³/mol. The summed E-state index contributed by atoms with van der Waals surface area (Å²) in [6.45, 7) is 0. The van der Waals surface area contributed by atoms with Crippen molar-refractivity contribution in [3.8, 4) is 11.6 Å². The van der Waals surface area contributed by atoms with E-state index in [2.05, 4.69) is 0 Å². The summed E-state index contributed by atoms with van der Waals surface area (Å²) in [5.41, 5.74) is 7.90. The molecular formula is C19H20N2O3. The number of esters is 1. The molecule has 0 aliphatic rings. The number of ether oxygens (including phenoxy) is 2. The molecule has 0 saturated heterocycles. The number of aryl methyl sites for hydroxylation is 1. The SMILES string of the molecule is COC(=O)C(N)Cc1c(Oc2ccccc2)n(C)c2ccccc12. The number of nitrogens with two attached hydrogens (primary N) is 1. The lowest BCUT2D eigenvalue weighted by molar-refractivity contribution is -0.142. The van der Waals surface area contributed by atoms with E-state index in [1.807, 2.05) is 66.2 Å². The number of rotatable bonds is 5. The molecule has 0 saturated carbocycles. The molecule has 0 amide bonds. The number of carbonyl (C=O) groups is 1. The van der Waals surface area contributed by atoms with Crippen LogP contribution in [0.5, 0.6) is 11.6 Å². The Hall–Kier alpha value is -2.79. The van der Waals surface area contributed by atoms with Gasteiger partial charge in [0.25, 0.3) is 0 Å². The normalized spacial score (nSPS) is 12.1. The Balaban J connectivity index is 2.07. The van der Waals surface area contributed by atoms with Crippen LogP contribution in [0.15, 0.2) is 54.6 Å². The van der Waals surface area contributed by atoms with Crippen LogP contribution in [0, 0.1) is 0 Å². The van der Waals surface area contributed by atoms with Crippen molar-refractivity contribution in [1.29, 1.82) is 0 Å². The summed E-state index contributed by atoms with van der Waals surface area (Å²) < 4.78 is 12.8. The van der Waals surface area contributed by atoms with Crippen molar-refractivity contribution in [3.05, 3.63) is 60.2 Å². The van der Waals surface area contributed by atoms with Crippen molar-refractivity contribution in [2.24, 2.45) is 12.8 Å². The topological polar surface area (TPSA) is 66.5 Å². The highest BCUT2D eigenvalue weighted by atomic mass is 16.5. The maximum Gasteiger partial charge on any atom is 0.322 e. The van der Waals surface area contributed by atoms with Crippen LogP contribution in [0.4, 0.5) is 0 Å². The lowest BCUT2D eigenvalue weighted by atomic mass is 10.1. The Morgan fingerprint density at radius 2 is 1.79 bits per heavy atom. The first-order valence-electron chi connectivity index (χ1n) is 7.74. The van der Waals surface area contributed by atoms with E-state index in [0.29, 0.717) is 12.3 Å². The van der Waals surface area contributed by atoms with E-state index in [1.54, 1.807) is 0 Å². The lowest BCUT2D eigenvalue weighted by Crippen LogP contribution is -2.33. The highest BCUT2D eigenvalue weighted by molar-refractivity contribution is 5.88. The van der Waals surface area contributed by atoms with E-state index in [1.165, 1.54) is 7.11 Å². The highest BCUT2D eigenvalue weighted by Crippen LogP contribution is 2.35. The van der Waals surface area contributed by atoms with Gasteiger partial charge in [-0.2, -0.15) is 0 Å². The number of nitrogens with zero attached hydrogens (tertiary/aromatic N) is 1. The largest absolute Gasteiger partial charge is 0.468 e. The van der Waals surface area contributed by atoms with Crippen molar-refractivity contribution >= 4 is 16.9 Å². The molecule has 0 spiro atoms. The molecule has 1 heterocycles. The molecule has 1 atom stereocenters. The third-order valence-corrected chi connectivity index (χ3v) is 4.04. The zero-order chi connectivity index (χ0) is 17.1. The second-order valence-corrected chi connectivity index (χ2v) is 5.61. The summed E-state index contributed by atoms with van der Waals surface area (Å²) in [6, 6.07) is 16.8. The van der Waals surface area contributed by atoms with Crippen molar-refractivity contribution in [2.45, 2.75) is 12.5 Å². The van der Waals surface area contributed by atoms with E-state index < -0.39 is 12.0 Å². The first-order chi connectivity index (χ1) is 11.6. The van der Waals surface area contributed by atoms with Gasteiger partial charge in [-0.1, -0.05) is 36.4 Å². The minimum atomic E-state index is -0.737. The van der Waals surface area contributed by atoms with Crippen LogP contribution in [0.3, 0.4) is 0 Å². The molecule has 0 aliphatic carbocycles. The molecular weight excluding hydrogens is 304 g/mol. The second kappa shape index (κ2) is 6.76. The average Bonchev–Trinajstić information content (AvgIpc) is 2.88. The smallest absolute Gasteiger partial charge is 0.322 e. The van der Waals surface area contributed by atoms with Crippen molar-refractivity contribution in [2.75, 3.05) is 7.11 Å². The highest BCUT2D eigenvalue weighted by Gasteiger charge is 2.22. The third-order valence-electron chi connectivity index (χ3n) is 4.04. The van der Waals surface area contributed by atoms with Gasteiger partial charge in [0.1, 0.15) is 11.8 Å². The fourth-order valence-electron chi connectivity index (χ4n) is 2.83. The molecule has 2 aromatic carbocycles. The number of methoxy groups -OCH3 is 1. The van der Waals surface area contributed by atoms with Gasteiger partial charge < -0.3 is 19.8 Å². The number of hydrogen-bond donors (Lipinski definition) is 1. The second-order valence-electron chi connectivity index (χ2n) is 5.61. The molecule has 0 bridgehead atoms. The van der Waals surface area contributed by atoms with Gasteiger partial charge in [0, 0.05) is 24.4 Å². The van der Waals surface area contributed by atoms with Crippen molar-refractivity contribution < 1.29 is 14.3 Å². The van der Waals surface area contributed by atoms with E-state index >= 15 is 0 Å². The number of benzene rings is 2. The predicted octanol–water partition coefficient (Wildman–Crippen LogP) is 3.01. The number of fused-ring (bicyclic) bond motifs is 1. The zero-order valence-electron chi connectivity index (χ0n) is 13.7. The van der Waals surface area contributed by atoms with Gasteiger partial charge in [-0.25, -0.2) is 0 Å². The summed E-state index contributed by atoms with van der Waals surface area (Å²) >= 11 is 0. The van der Waals surface area contributed by atoms with E-state index in [0.717, 1.165) is 22.2 Å². The van der Waals surface area contributed by atoms with Crippen LogP contribution in [0.25, 0.3) is 10.9 Å². The number of hydrogen-bond acceptors (Lipinski definition) is 4. The quantitative estimate of drug-likeness (QED) is 0.733. The van der Waals surface area contributed by atoms with Crippen LogP contribution in [0.2, 0.25) is 0 Å². The van der Waals surface area contributed by atoms with Gasteiger partial charge in [-0.05, 0) is 18.2 Å². The van der Waals surface area contributed by atoms with E-state index in [4.69, 9.17) is 15.2 Å². The van der Waals surface area contributed by atoms with Crippen molar-refractivity contribution in [3.63, 3.8) is 0 Å². The molecule has 2 N–H and O–H groups in total. The van der Waals surface area contributed by atoms with E-state index in [-0.39, 0.29) is 0 Å². The van der Waals surface area contributed by atoms with Gasteiger partial charge in [-0.15, -0.1) is 0 Å². The Morgan fingerprint density at radius 1 is 1.12 bits per heavy atom. The molecule has 124 valence electrons. The summed E-state index contributed by atoms with van der Waals surface area (Å²) in [4.78, 5) is 11.7. The molecule has 0 radical (unpaired) electrons. The molecule has 3 aromatic rings. The molecule has 5 nitrogen and oxygen atoms in total. The van der Waals surface area contributed by atoms with Gasteiger partial charge >= 0.3 is 5.97 Å². The monoisotopic (exact) mass is 324 g/mol. The van der Waals surface area contributed by atoms with Crippen LogP contribution < -0.4 is 10.5 Å². The van der Waals surface area contributed by atoms with Gasteiger partial charge in [-0.3, -0.25) is 4.79 Å². The maximum absolute atomic E-state index is 11.7. The molecule has 24 heavy (non-hydrogen) atoms. The summed E-state index contributed by atoms with van der Waals surface area (Å²) in [5, 5.41) is 1.02. The van der Waals surface area contributed by atoms with Gasteiger partial charge in [0.05, 0.1) is 12.6 Å². The van der Waals surface area contributed by atoms with Crippen molar-refractivity contribution in [1.82, 2.24) is 4.57 Å².